The monoisotopic (exact) mass is 2000 g/mol. The molecule has 1 aliphatic carbocycles. The van der Waals surface area contributed by atoms with Gasteiger partial charge in [-0.2, -0.15) is 4.31 Å². The van der Waals surface area contributed by atoms with Crippen molar-refractivity contribution < 1.29 is 70.5 Å². The van der Waals surface area contributed by atoms with Crippen LogP contribution in [0.2, 0.25) is 0 Å². The zero-order chi connectivity index (χ0) is 99.8. The van der Waals surface area contributed by atoms with Crippen molar-refractivity contribution in [2.75, 3.05) is 80.1 Å². The number of pyridine rings is 4. The Kier molecular flexibility index (Phi) is 34.3. The lowest BCUT2D eigenvalue weighted by molar-refractivity contribution is 0.0692. The summed E-state index contributed by atoms with van der Waals surface area (Å²) in [7, 11) is -3.27. The second-order valence-electron chi connectivity index (χ2n) is 39.9. The van der Waals surface area contributed by atoms with Gasteiger partial charge in [0, 0.05) is 164 Å². The van der Waals surface area contributed by atoms with Crippen LogP contribution in [0, 0.1) is 20.8 Å². The summed E-state index contributed by atoms with van der Waals surface area (Å²) in [6.07, 6.45) is 18.2. The van der Waals surface area contributed by atoms with Gasteiger partial charge in [-0.3, -0.25) is 38.4 Å². The topological polar surface area (TPSA) is 436 Å². The first-order valence-corrected chi connectivity index (χ1v) is 53.0. The van der Waals surface area contributed by atoms with Crippen molar-refractivity contribution in [1.82, 2.24) is 85.0 Å². The SMILES string of the molecule is CC[C@H](CO)NC(=O)c1nc(C(=O)N2CCC[C@@H]2C)c(-c2cnc(NC(C)C)cc2C)s1.C[C@H]1CCCN1C(=O)c1nc(C(=O)NC2CCOCC2)sc1-c1cnc(NC(C)(C)C)cc1C(F)F.Cc1cc(NC(C)(C)C)ncc1-c1sc(C(=O)N[C@H]2CC[C@H](O)C2)nc1C(=O)N1C2CCC1CC2.Cc1cc(NC(C)C)ncc1-c1sc(C(=O)NC2CN(S(C)(=O)=O)C2)nc1C(=O)N1CCC[C@@H]1C. The maximum Gasteiger partial charge on any atom is 0.280 e. The van der Waals surface area contributed by atoms with E-state index in [9.17, 15) is 65.8 Å². The molecule has 8 aromatic heterocycles. The third kappa shape index (κ3) is 25.9. The highest BCUT2D eigenvalue weighted by Crippen LogP contribution is 2.45. The first-order chi connectivity index (χ1) is 65.3. The summed E-state index contributed by atoms with van der Waals surface area (Å²) < 4.78 is 58.3. The van der Waals surface area contributed by atoms with Crippen molar-refractivity contribution in [3.63, 3.8) is 0 Å². The molecule has 7 saturated heterocycles. The predicted octanol–water partition coefficient (Wildman–Crippen LogP) is 14.8. The summed E-state index contributed by atoms with van der Waals surface area (Å²) in [5.74, 6) is 0.325. The van der Waals surface area contributed by atoms with Gasteiger partial charge in [-0.25, -0.2) is 57.1 Å². The molecule has 15 heterocycles. The van der Waals surface area contributed by atoms with E-state index in [2.05, 4.69) is 103 Å². The van der Waals surface area contributed by atoms with Crippen molar-refractivity contribution >= 4 is 126 Å². The van der Waals surface area contributed by atoms with E-state index in [-0.39, 0.29) is 186 Å². The van der Waals surface area contributed by atoms with Crippen LogP contribution in [0.3, 0.4) is 0 Å². The number of aromatic nitrogens is 8. The number of aliphatic hydroxyl groups is 2. The zero-order valence-corrected chi connectivity index (χ0v) is 86.2. The molecule has 8 amide bonds. The molecule has 8 fully saturated rings. The molecular weight excluding hydrogens is 1870 g/mol. The maximum absolute atomic E-state index is 14.2. The Hall–Kier alpha value is -10.3. The van der Waals surface area contributed by atoms with Crippen LogP contribution in [0.4, 0.5) is 32.1 Å². The first kappa shape index (κ1) is 105. The molecule has 748 valence electrons. The number of ether oxygens (including phenoxy) is 1. The Labute approximate surface area is 822 Å². The number of aryl methyl sites for hydroxylation is 3. The van der Waals surface area contributed by atoms with Gasteiger partial charge in [0.2, 0.25) is 10.0 Å². The molecule has 16 rings (SSSR count). The van der Waals surface area contributed by atoms with E-state index in [4.69, 9.17) is 4.74 Å². The first-order valence-electron chi connectivity index (χ1n) is 47.9. The van der Waals surface area contributed by atoms with Gasteiger partial charge in [-0.1, -0.05) is 6.92 Å². The van der Waals surface area contributed by atoms with Crippen molar-refractivity contribution in [2.45, 2.75) is 311 Å². The van der Waals surface area contributed by atoms with E-state index in [0.29, 0.717) is 96.8 Å². The molecule has 0 radical (unpaired) electrons. The molecule has 0 unspecified atom stereocenters. The molecule has 0 aromatic carbocycles. The minimum atomic E-state index is -3.27. The number of alkyl halides is 2. The smallest absolute Gasteiger partial charge is 0.280 e. The van der Waals surface area contributed by atoms with Gasteiger partial charge in [0.15, 0.2) is 20.0 Å². The number of carbonyl (C=O) groups excluding carboxylic acids is 8. The van der Waals surface area contributed by atoms with Crippen LogP contribution in [0.5, 0.6) is 0 Å². The summed E-state index contributed by atoms with van der Waals surface area (Å²) in [5, 5.41) is 44.7. The predicted molar refractivity (Wildman–Crippen MR) is 535 cm³/mol. The van der Waals surface area contributed by atoms with E-state index in [1.54, 1.807) is 23.5 Å². The van der Waals surface area contributed by atoms with Gasteiger partial charge in [-0.15, -0.1) is 45.3 Å². The minimum Gasteiger partial charge on any atom is -0.394 e. The molecule has 1 saturated carbocycles. The van der Waals surface area contributed by atoms with Crippen LogP contribution in [0.25, 0.3) is 41.8 Å². The Morgan fingerprint density at radius 3 is 1.20 bits per heavy atom. The third-order valence-electron chi connectivity index (χ3n) is 25.6. The fourth-order valence-corrected chi connectivity index (χ4v) is 23.3. The number of carbonyl (C=O) groups is 8. The van der Waals surface area contributed by atoms with Gasteiger partial charge < -0.3 is 77.1 Å². The molecule has 10 N–H and O–H groups in total. The van der Waals surface area contributed by atoms with Crippen LogP contribution in [-0.4, -0.2) is 272 Å². The summed E-state index contributed by atoms with van der Waals surface area (Å²) in [6.45, 7) is 37.3. The van der Waals surface area contributed by atoms with E-state index in [1.807, 2.05) is 130 Å². The van der Waals surface area contributed by atoms with E-state index >= 15 is 0 Å². The normalized spacial score (nSPS) is 20.3. The molecule has 34 nitrogen and oxygen atoms in total. The quantitative estimate of drug-likeness (QED) is 0.0241. The Bertz CT molecular complexity index is 5840. The summed E-state index contributed by atoms with van der Waals surface area (Å²) >= 11 is 4.56. The largest absolute Gasteiger partial charge is 0.394 e. The highest BCUT2D eigenvalue weighted by atomic mass is 32.2. The second-order valence-corrected chi connectivity index (χ2v) is 45.9. The lowest BCUT2D eigenvalue weighted by atomic mass is 10.0. The average molecular weight is 2000 g/mol. The number of hydrogen-bond acceptors (Lipinski definition) is 29. The number of aliphatic hydroxyl groups excluding tert-OH is 2. The van der Waals surface area contributed by atoms with Gasteiger partial charge in [0.25, 0.3) is 53.7 Å². The van der Waals surface area contributed by atoms with Crippen LogP contribution in [0.15, 0.2) is 49.1 Å². The number of amides is 8. The highest BCUT2D eigenvalue weighted by Gasteiger charge is 2.46. The third-order valence-corrected chi connectivity index (χ3v) is 31.2. The fraction of sp³-hybridized carbons (Fsp3) is 0.588. The minimum absolute atomic E-state index is 0.0117. The molecule has 7 aliphatic heterocycles. The highest BCUT2D eigenvalue weighted by molar-refractivity contribution is 7.88. The van der Waals surface area contributed by atoms with E-state index in [0.717, 1.165) is 150 Å². The number of nitrogens with one attached hydrogen (secondary N) is 8. The van der Waals surface area contributed by atoms with Crippen LogP contribution in [-0.2, 0) is 14.8 Å². The number of fused-ring (bicyclic) bond motifs is 2. The van der Waals surface area contributed by atoms with Crippen molar-refractivity contribution in [3.05, 3.63) is 114 Å². The lowest BCUT2D eigenvalue weighted by Crippen LogP contribution is -2.60. The van der Waals surface area contributed by atoms with Crippen molar-refractivity contribution in [3.8, 4) is 41.8 Å². The van der Waals surface area contributed by atoms with E-state index < -0.39 is 28.3 Å². The number of likely N-dealkylation sites (tertiary alicyclic amines) is 3. The average Bonchev–Trinajstić information content (AvgIpc) is 1.58. The Morgan fingerprint density at radius 2 is 0.855 bits per heavy atom. The molecule has 8 aliphatic rings. The number of rotatable bonds is 26. The zero-order valence-electron chi connectivity index (χ0n) is 82.1. The van der Waals surface area contributed by atoms with Gasteiger partial charge in [0.1, 0.15) is 46.0 Å². The Balaban J connectivity index is 0.000000155. The number of halogens is 2. The number of sulfonamides is 1. The van der Waals surface area contributed by atoms with Gasteiger partial charge in [-0.05, 0) is 254 Å². The van der Waals surface area contributed by atoms with Crippen molar-refractivity contribution in [1.29, 1.82) is 0 Å². The summed E-state index contributed by atoms with van der Waals surface area (Å²) in [4.78, 5) is 152. The van der Waals surface area contributed by atoms with E-state index in [1.165, 1.54) is 39.2 Å². The standard InChI is InChI=1S/C26H35N5O3S.C25H33F2N5O3S.C23H32N6O4S2.C23H33N5O3S/c1-14-11-20(30-26(2,3)4)27-13-19(14)22-21(25(34)31-16-6-7-17(31)9-8-16)29-24(35-22)23(33)28-15-5-10-18(32)12-15;1-14-6-5-9-32(14)24(34)19-20(36-23(30-19)22(33)29-15-7-10-35-11-8-15)17-13-28-18(31-25(2,3)4)12-16(17)21(26)27;1-13(2)25-18-9-14(3)17(10-24-18)20-19(23(31)29-8-6-7-15(29)4)27-22(34-20)21(30)26-16-11-28(12-16)35(5,32)33;1-6-16(12-29)26-21(30)22-27-19(23(31)28-9-7-8-15(28)5)20(32-22)17-11-24-18(10-14(17)4)25-13(2)3/h11,13,15-18,32H,5-10,12H2,1-4H3,(H,27,30)(H,28,33);12-15,21H,5-11H2,1-4H3,(H,28,31)(H,29,33);9-10,13,15-16H,6-8,11-12H2,1-5H3,(H,24,25)(H,26,30);10-11,13,15-16,29H,6-9,12H2,1-5H3,(H,24,25)(H,26,30)/t15-,16?,17?,18-;14-;15-;15-,16+/m0000/s1. The molecule has 6 atom stereocenters. The second kappa shape index (κ2) is 45.1. The molecule has 2 bridgehead atoms. The number of hydrogen-bond donors (Lipinski definition) is 10. The van der Waals surface area contributed by atoms with Crippen LogP contribution >= 0.6 is 45.3 Å². The number of thiazole rings is 4. The molecule has 0 spiro atoms. The molecule has 8 aromatic rings. The molecular formula is C97H133F2N21O13S5. The Morgan fingerprint density at radius 1 is 0.493 bits per heavy atom. The van der Waals surface area contributed by atoms with Crippen LogP contribution < -0.4 is 42.5 Å². The lowest BCUT2D eigenvalue weighted by Gasteiger charge is -2.37. The van der Waals surface area contributed by atoms with Crippen molar-refractivity contribution in [2.24, 2.45) is 0 Å². The van der Waals surface area contributed by atoms with Gasteiger partial charge >= 0.3 is 0 Å². The summed E-state index contributed by atoms with van der Waals surface area (Å²) in [6, 6.07) is 7.69. The summed E-state index contributed by atoms with van der Waals surface area (Å²) in [5.41, 5.74) is 5.50. The number of nitrogens with zero attached hydrogens (tertiary/aromatic N) is 13. The van der Waals surface area contributed by atoms with Crippen LogP contribution in [0.1, 0.15) is 310 Å². The molecule has 138 heavy (non-hydrogen) atoms. The van der Waals surface area contributed by atoms with Gasteiger partial charge in [0.05, 0.1) is 50.6 Å². The fourth-order valence-electron chi connectivity index (χ4n) is 18.3. The maximum atomic E-state index is 14.2. The molecule has 41 heteroatoms. The number of anilines is 4.